The van der Waals surface area contributed by atoms with Crippen LogP contribution >= 0.6 is 80.0 Å². The molecule has 17 rings (SSSR count). The molecule has 0 radical (unpaired) electrons. The van der Waals surface area contributed by atoms with Crippen molar-refractivity contribution in [1.82, 2.24) is 43.6 Å². The molecule has 12 atom stereocenters. The number of ether oxygens (including phenoxy) is 12. The molecule has 7 saturated heterocycles. The second-order valence-electron chi connectivity index (χ2n) is 45.8. The highest BCUT2D eigenvalue weighted by atomic mass is 127. The van der Waals surface area contributed by atoms with Crippen LogP contribution in [0, 0.1) is 7.40 Å². The molecule has 0 bridgehead atoms. The van der Waals surface area contributed by atoms with Gasteiger partial charge in [-0.3, -0.25) is 13.7 Å². The van der Waals surface area contributed by atoms with Crippen LogP contribution in [0.25, 0.3) is 65.6 Å². The highest BCUT2D eigenvalue weighted by Gasteiger charge is 2.57. The number of halogens is 5. The number of azide groups is 2. The molecule has 0 spiro atoms. The van der Waals surface area contributed by atoms with Crippen LogP contribution in [0.4, 0.5) is 0 Å². The third-order valence-corrected chi connectivity index (χ3v) is 46.3. The Hall–Kier alpha value is -4.76. The molecule has 7 aliphatic heterocycles. The maximum Gasteiger partial charge on any atom is 0.494 e. The highest BCUT2D eigenvalue weighted by molar-refractivity contribution is 14.1. The number of aliphatic hydroxyl groups is 1. The fraction of sp³-hybridized carbons (Fsp3) is 0.688. The fourth-order valence-corrected chi connectivity index (χ4v) is 23.9. The first-order valence-corrected chi connectivity index (χ1v) is 69.2. The van der Waals surface area contributed by atoms with E-state index in [2.05, 4.69) is 283 Å². The first-order valence-electron chi connectivity index (χ1n) is 49.0. The van der Waals surface area contributed by atoms with Crippen LogP contribution < -0.4 is 19.7 Å². The molecule has 0 unspecified atom stereocenters. The van der Waals surface area contributed by atoms with Gasteiger partial charge in [-0.1, -0.05) is 194 Å². The summed E-state index contributed by atoms with van der Waals surface area (Å²) in [5.41, 5.74) is 26.0. The van der Waals surface area contributed by atoms with E-state index in [1.807, 2.05) is 25.8 Å². The lowest BCUT2D eigenvalue weighted by Crippen LogP contribution is -2.47. The number of imidazole rings is 3. The number of fused-ring (bicyclic) bond motifs is 6. The van der Waals surface area contributed by atoms with E-state index >= 15 is 0 Å². The zero-order chi connectivity index (χ0) is 100. The van der Waals surface area contributed by atoms with E-state index in [-0.39, 0.29) is 128 Å². The van der Waals surface area contributed by atoms with Gasteiger partial charge in [-0.25, -0.2) is 15.0 Å². The van der Waals surface area contributed by atoms with Crippen molar-refractivity contribution in [2.45, 2.75) is 362 Å². The first-order chi connectivity index (χ1) is 65.3. The van der Waals surface area contributed by atoms with E-state index in [4.69, 9.17) is 136 Å². The summed E-state index contributed by atoms with van der Waals surface area (Å²) in [6.07, 6.45) is 4.65. The van der Waals surface area contributed by atoms with Crippen molar-refractivity contribution in [1.29, 1.82) is 0 Å². The van der Waals surface area contributed by atoms with Crippen molar-refractivity contribution in [3.8, 4) is 29.3 Å². The van der Waals surface area contributed by atoms with E-state index < -0.39 is 47.0 Å². The molecule has 43 heteroatoms. The molecule has 9 fully saturated rings. The van der Waals surface area contributed by atoms with Gasteiger partial charge in [0.05, 0.1) is 83.8 Å². The zero-order valence-electron chi connectivity index (χ0n) is 85.0. The van der Waals surface area contributed by atoms with Crippen LogP contribution in [0.2, 0.25) is 128 Å². The highest BCUT2D eigenvalue weighted by Crippen LogP contribution is 2.47. The van der Waals surface area contributed by atoms with Crippen LogP contribution in [0.3, 0.4) is 0 Å². The van der Waals surface area contributed by atoms with E-state index in [9.17, 15) is 5.11 Å². The Kier molecular flexibility index (Phi) is 36.0. The quantitative estimate of drug-likeness (QED) is 0.00802. The van der Waals surface area contributed by atoms with Gasteiger partial charge in [0.25, 0.3) is 0 Å². The average Bonchev–Trinajstić information content (AvgIpc) is 1.55. The second kappa shape index (κ2) is 45.5. The molecule has 32 nitrogen and oxygen atoms in total. The predicted octanol–water partition coefficient (Wildman–Crippen LogP) is 22.5. The summed E-state index contributed by atoms with van der Waals surface area (Å²) in [7, 11) is -7.94. The number of aromatic nitrogens is 9. The molecular formula is C96H143BCl3I2N15O17Si5. The Labute approximate surface area is 866 Å². The van der Waals surface area contributed by atoms with E-state index in [0.29, 0.717) is 151 Å². The predicted molar refractivity (Wildman–Crippen MR) is 573 cm³/mol. The van der Waals surface area contributed by atoms with Crippen LogP contribution in [-0.2, 0) is 81.0 Å². The average molecular weight is 2290 g/mol. The maximum atomic E-state index is 9.95. The Balaban J connectivity index is 0.000000153. The smallest absolute Gasteiger partial charge is 0.456 e. The van der Waals surface area contributed by atoms with Crippen LogP contribution in [0.1, 0.15) is 144 Å². The molecule has 9 aliphatic rings. The Morgan fingerprint density at radius 3 is 1.12 bits per heavy atom. The number of hydrogen-bond acceptors (Lipinski definition) is 25. The topological polar surface area (TPSA) is 358 Å². The summed E-state index contributed by atoms with van der Waals surface area (Å²) in [5, 5.41) is 19.6. The summed E-state index contributed by atoms with van der Waals surface area (Å²) in [6.45, 7) is 57.0. The Morgan fingerprint density at radius 2 is 0.763 bits per heavy atom. The molecule has 2 aliphatic carbocycles. The number of nitrogens with zero attached hydrogens (tertiary/aromatic N) is 15. The van der Waals surface area contributed by atoms with E-state index in [0.717, 1.165) is 80.5 Å². The Morgan fingerprint density at radius 1 is 0.446 bits per heavy atom. The van der Waals surface area contributed by atoms with Gasteiger partial charge in [0.1, 0.15) is 86.9 Å². The lowest BCUT2D eigenvalue weighted by atomic mass is 9.76. The molecule has 2 saturated carbocycles. The summed E-state index contributed by atoms with van der Waals surface area (Å²) >= 11 is 23.7. The van der Waals surface area contributed by atoms with Crippen LogP contribution in [0.15, 0.2) is 77.0 Å². The lowest BCUT2D eigenvalue weighted by molar-refractivity contribution is 0.00336. The number of rotatable bonds is 31. The summed E-state index contributed by atoms with van der Waals surface area (Å²) in [4.78, 5) is 34.4. The van der Waals surface area contributed by atoms with Gasteiger partial charge < -0.3 is 80.1 Å². The summed E-state index contributed by atoms with van der Waals surface area (Å²) in [6, 6.07) is 27.3. The number of benzene rings is 2. The monoisotopic (exact) mass is 2290 g/mol. The van der Waals surface area contributed by atoms with Crippen molar-refractivity contribution in [3.05, 3.63) is 121 Å². The third-order valence-electron chi connectivity index (χ3n) is 29.1. The third kappa shape index (κ3) is 27.2. The summed E-state index contributed by atoms with van der Waals surface area (Å²) in [5.74, 6) is 1.01. The minimum Gasteiger partial charge on any atom is -0.456 e. The number of aliphatic hydroxyl groups excluding tert-OH is 1. The standard InChI is InChI=1S/C36H53ClN6O5Si2.C24H39ClIN3O5Si2.C18H26BN3O2.C18H25ClIN3O5Si/c1-36(2,3)50(7,8)48-30-21-46-32-29(20-45-33(30)32)47-35-39-28-19-27(37)31(40-34(28)43(35)22-44-17-18-49(4,5)6)25-11-9-23(10-12-25)24-13-15-26(16-14-24)41-42-38;1-24(2,3)36(7,8)34-18-13-32-19-17(12-31-20(18)19)33-23-27-16-11-15(25)21(26)28-22(16)29(23)14-30-9-10-35(4,5)6;1-17(2)18(3,4)24-19(23-17)15-9-5-13(6-10-15)14-7-11-16(12-8-14)21-22-20;1-29(2,3)5-4-25-9-23-17-11(6-10(19)16(20)22-17)21-18(23)28-13-8-27-14-12(24)7-26-15(13)14/h9-12,19,24,26,29-30,32-33H,13-18,20-22H2,1-8H3;11,17-20H,9-10,12-14H2,1-8H3;5-6,9-10,14,16H,7-8,11-12H2,1-4H3;6,12-15,24H,4-5,7-9H2,1-3H3/t24?,26?,29-,30-,32-,33-;17-,18-,19-,20-;;12-,13-,14-,15-/m11.1/s1. The van der Waals surface area contributed by atoms with Crippen LogP contribution in [-0.4, -0.2) is 253 Å². The maximum absolute atomic E-state index is 9.95. The molecule has 139 heavy (non-hydrogen) atoms. The first kappa shape index (κ1) is 110. The van der Waals surface area contributed by atoms with Crippen LogP contribution in [0.5, 0.6) is 18.0 Å². The fourth-order valence-electron chi connectivity index (χ4n) is 17.7. The molecule has 1 N–H and O–H groups in total. The van der Waals surface area contributed by atoms with Crippen molar-refractivity contribution < 1.29 is 80.1 Å². The molecule has 2 aromatic carbocycles. The molecule has 8 aromatic rings. The normalized spacial score (nSPS) is 26.3. The van der Waals surface area contributed by atoms with Crippen molar-refractivity contribution in [2.24, 2.45) is 10.2 Å². The van der Waals surface area contributed by atoms with Crippen molar-refractivity contribution in [3.63, 3.8) is 0 Å². The number of pyridine rings is 3. The van der Waals surface area contributed by atoms with Gasteiger partial charge in [0.2, 0.25) is 0 Å². The molecular weight excluding hydrogens is 2150 g/mol. The largest absolute Gasteiger partial charge is 0.494 e. The minimum absolute atomic E-state index is 0.0869. The molecule has 762 valence electrons. The lowest BCUT2D eigenvalue weighted by Gasteiger charge is -2.39. The molecule has 13 heterocycles. The van der Waals surface area contributed by atoms with Crippen molar-refractivity contribution in [2.75, 3.05) is 59.5 Å². The Bertz CT molecular complexity index is 5610. The minimum atomic E-state index is -2.01. The van der Waals surface area contributed by atoms with E-state index in [1.165, 1.54) is 11.1 Å². The van der Waals surface area contributed by atoms with Gasteiger partial charge >= 0.3 is 25.1 Å². The van der Waals surface area contributed by atoms with Gasteiger partial charge in [-0.2, -0.15) is 15.0 Å². The van der Waals surface area contributed by atoms with Gasteiger partial charge in [0, 0.05) is 71.5 Å². The van der Waals surface area contributed by atoms with Gasteiger partial charge in [-0.05, 0) is 236 Å². The summed E-state index contributed by atoms with van der Waals surface area (Å²) < 4.78 is 106. The van der Waals surface area contributed by atoms with E-state index in [1.54, 1.807) is 6.07 Å². The molecule has 6 aromatic heterocycles. The van der Waals surface area contributed by atoms with Crippen molar-refractivity contribution >= 4 is 167 Å². The van der Waals surface area contributed by atoms with Gasteiger partial charge in [-0.15, -0.1) is 0 Å². The zero-order valence-corrected chi connectivity index (χ0v) is 96.6. The van der Waals surface area contributed by atoms with Gasteiger partial charge in [0.15, 0.2) is 51.9 Å². The second-order valence-corrected chi connectivity index (χ2v) is 75.5. The SMILES string of the molecule is CC(C)(C)[Si](C)(C)O[C@@H]1CO[C@H]2[C@@H]1OC[C@H]2Oc1nc2cc(Cl)c(-c3ccc(C4CCC(N=[N+]=[N-])CC4)cc3)nc2n1COCC[Si](C)(C)C.CC(C)(C)[Si](C)(C)O[C@@H]1CO[C@H]2[C@@H]1OC[C@H]2Oc1nc2cc(Cl)c(I)nc2n1COCC[Si](C)(C)C.CC1(C)OB(c2ccc(C3CCC(N=[N+]=[N-])CC3)cc2)OC1(C)C.C[Si](C)(C)CCOCn1c(O[C@@H]2CO[C@H]3[C@@H]2OC[C@H]3O)nc2cc(Cl)c(I)nc21. The number of hydrogen-bond donors (Lipinski definition) is 1. The molecule has 0 amide bonds.